The van der Waals surface area contributed by atoms with Gasteiger partial charge in [-0.3, -0.25) is 4.79 Å². The standard InChI is InChI=1S/C15H21ClN2O/c1-11(12-5-7-13(16)8-6-12)17-15(19)10-14-4-3-9-18(14)2/h5-8,11,14H,3-4,9-10H2,1-2H3,(H,17,19)/t11?,14-/m1/s1. The Morgan fingerprint density at radius 2 is 2.16 bits per heavy atom. The lowest BCUT2D eigenvalue weighted by atomic mass is 10.1. The van der Waals surface area contributed by atoms with E-state index < -0.39 is 0 Å². The van der Waals surface area contributed by atoms with Crippen molar-refractivity contribution in [3.8, 4) is 0 Å². The van der Waals surface area contributed by atoms with Crippen molar-refractivity contribution < 1.29 is 4.79 Å². The van der Waals surface area contributed by atoms with Gasteiger partial charge in [0.1, 0.15) is 0 Å². The van der Waals surface area contributed by atoms with Crippen molar-refractivity contribution in [3.05, 3.63) is 34.9 Å². The molecule has 0 radical (unpaired) electrons. The lowest BCUT2D eigenvalue weighted by Gasteiger charge is -2.20. The van der Waals surface area contributed by atoms with E-state index in [4.69, 9.17) is 11.6 Å². The van der Waals surface area contributed by atoms with Crippen LogP contribution in [0.5, 0.6) is 0 Å². The van der Waals surface area contributed by atoms with Gasteiger partial charge in [-0.05, 0) is 51.1 Å². The monoisotopic (exact) mass is 280 g/mol. The Kier molecular flexibility index (Phi) is 4.83. The van der Waals surface area contributed by atoms with E-state index in [9.17, 15) is 4.79 Å². The summed E-state index contributed by atoms with van der Waals surface area (Å²) in [5.41, 5.74) is 1.08. The molecule has 1 heterocycles. The number of rotatable bonds is 4. The van der Waals surface area contributed by atoms with E-state index in [2.05, 4.69) is 17.3 Å². The van der Waals surface area contributed by atoms with Gasteiger partial charge in [0.25, 0.3) is 0 Å². The lowest BCUT2D eigenvalue weighted by Crippen LogP contribution is -2.34. The summed E-state index contributed by atoms with van der Waals surface area (Å²) in [6.45, 7) is 3.10. The molecule has 1 unspecified atom stereocenters. The molecule has 1 N–H and O–H groups in total. The van der Waals surface area contributed by atoms with Gasteiger partial charge in [-0.1, -0.05) is 23.7 Å². The first-order valence-corrected chi connectivity index (χ1v) is 7.19. The number of carbonyl (C=O) groups excluding carboxylic acids is 1. The Morgan fingerprint density at radius 3 is 2.74 bits per heavy atom. The first-order chi connectivity index (χ1) is 9.06. The van der Waals surface area contributed by atoms with Gasteiger partial charge in [0.05, 0.1) is 6.04 Å². The third-order valence-electron chi connectivity index (χ3n) is 3.84. The summed E-state index contributed by atoms with van der Waals surface area (Å²) in [6.07, 6.45) is 2.91. The molecule has 1 fully saturated rings. The minimum atomic E-state index is 0.0245. The molecule has 0 aromatic heterocycles. The van der Waals surface area contributed by atoms with Crippen molar-refractivity contribution in [3.63, 3.8) is 0 Å². The molecule has 1 aliphatic heterocycles. The second kappa shape index (κ2) is 6.40. The first-order valence-electron chi connectivity index (χ1n) is 6.81. The number of benzene rings is 1. The highest BCUT2D eigenvalue weighted by molar-refractivity contribution is 6.30. The molecule has 0 bridgehead atoms. The fourth-order valence-corrected chi connectivity index (χ4v) is 2.71. The number of halogens is 1. The number of hydrogen-bond acceptors (Lipinski definition) is 2. The summed E-state index contributed by atoms with van der Waals surface area (Å²) in [6, 6.07) is 8.03. The van der Waals surface area contributed by atoms with Crippen LogP contribution in [-0.2, 0) is 4.79 Å². The maximum absolute atomic E-state index is 12.0. The molecular weight excluding hydrogens is 260 g/mol. The molecule has 0 saturated carbocycles. The molecular formula is C15H21ClN2O. The van der Waals surface area contributed by atoms with E-state index in [-0.39, 0.29) is 11.9 Å². The van der Waals surface area contributed by atoms with Crippen LogP contribution in [-0.4, -0.2) is 30.4 Å². The van der Waals surface area contributed by atoms with E-state index in [0.29, 0.717) is 12.5 Å². The number of hydrogen-bond donors (Lipinski definition) is 1. The predicted octanol–water partition coefficient (Wildman–Crippen LogP) is 3.00. The predicted molar refractivity (Wildman–Crippen MR) is 78.3 cm³/mol. The van der Waals surface area contributed by atoms with Crippen LogP contribution in [0.4, 0.5) is 0 Å². The van der Waals surface area contributed by atoms with Crippen molar-refractivity contribution in [2.45, 2.75) is 38.3 Å². The Balaban J connectivity index is 1.86. The Morgan fingerprint density at radius 1 is 1.47 bits per heavy atom. The third kappa shape index (κ3) is 3.95. The summed E-state index contributed by atoms with van der Waals surface area (Å²) >= 11 is 5.86. The quantitative estimate of drug-likeness (QED) is 0.920. The average molecular weight is 281 g/mol. The normalized spacial score (nSPS) is 21.3. The molecule has 19 heavy (non-hydrogen) atoms. The SMILES string of the molecule is CC(NC(=O)C[C@H]1CCCN1C)c1ccc(Cl)cc1. The number of amides is 1. The average Bonchev–Trinajstić information content (AvgIpc) is 2.75. The molecule has 0 aliphatic carbocycles. The largest absolute Gasteiger partial charge is 0.350 e. The van der Waals surface area contributed by atoms with E-state index >= 15 is 0 Å². The molecule has 2 atom stereocenters. The molecule has 1 aliphatic rings. The van der Waals surface area contributed by atoms with Crippen LogP contribution in [0.3, 0.4) is 0 Å². The van der Waals surface area contributed by atoms with Gasteiger partial charge in [0.15, 0.2) is 0 Å². The van der Waals surface area contributed by atoms with Crippen LogP contribution in [0.15, 0.2) is 24.3 Å². The van der Waals surface area contributed by atoms with Gasteiger partial charge >= 0.3 is 0 Å². The third-order valence-corrected chi connectivity index (χ3v) is 4.09. The fourth-order valence-electron chi connectivity index (χ4n) is 2.59. The van der Waals surface area contributed by atoms with Crippen LogP contribution in [0, 0.1) is 0 Å². The molecule has 104 valence electrons. The highest BCUT2D eigenvalue weighted by Gasteiger charge is 2.23. The van der Waals surface area contributed by atoms with Crippen LogP contribution >= 0.6 is 11.6 Å². The zero-order chi connectivity index (χ0) is 13.8. The molecule has 1 saturated heterocycles. The number of carbonyl (C=O) groups is 1. The Labute approximate surface area is 119 Å². The number of nitrogens with one attached hydrogen (secondary N) is 1. The maximum atomic E-state index is 12.0. The smallest absolute Gasteiger partial charge is 0.222 e. The van der Waals surface area contributed by atoms with Crippen molar-refractivity contribution in [1.29, 1.82) is 0 Å². The van der Waals surface area contributed by atoms with Crippen LogP contribution in [0.25, 0.3) is 0 Å². The van der Waals surface area contributed by atoms with Gasteiger partial charge in [0, 0.05) is 17.5 Å². The highest BCUT2D eigenvalue weighted by Crippen LogP contribution is 2.19. The summed E-state index contributed by atoms with van der Waals surface area (Å²) < 4.78 is 0. The highest BCUT2D eigenvalue weighted by atomic mass is 35.5. The second-order valence-electron chi connectivity index (χ2n) is 5.32. The van der Waals surface area contributed by atoms with Crippen LogP contribution in [0.1, 0.15) is 37.8 Å². The second-order valence-corrected chi connectivity index (χ2v) is 5.76. The molecule has 1 amide bonds. The Hall–Kier alpha value is -1.06. The summed E-state index contributed by atoms with van der Waals surface area (Å²) in [5.74, 6) is 0.126. The minimum absolute atomic E-state index is 0.0245. The first kappa shape index (κ1) is 14.4. The van der Waals surface area contributed by atoms with Gasteiger partial charge in [-0.25, -0.2) is 0 Å². The minimum Gasteiger partial charge on any atom is -0.350 e. The maximum Gasteiger partial charge on any atom is 0.222 e. The fraction of sp³-hybridized carbons (Fsp3) is 0.533. The topological polar surface area (TPSA) is 32.3 Å². The van der Waals surface area contributed by atoms with E-state index in [0.717, 1.165) is 23.6 Å². The van der Waals surface area contributed by atoms with Crippen molar-refractivity contribution in [2.24, 2.45) is 0 Å². The molecule has 0 spiro atoms. The molecule has 1 aromatic carbocycles. The van der Waals surface area contributed by atoms with Crippen molar-refractivity contribution in [1.82, 2.24) is 10.2 Å². The van der Waals surface area contributed by atoms with Crippen LogP contribution < -0.4 is 5.32 Å². The van der Waals surface area contributed by atoms with E-state index in [1.807, 2.05) is 31.2 Å². The molecule has 1 aromatic rings. The van der Waals surface area contributed by atoms with Crippen LogP contribution in [0.2, 0.25) is 5.02 Å². The van der Waals surface area contributed by atoms with Crippen molar-refractivity contribution >= 4 is 17.5 Å². The van der Waals surface area contributed by atoms with E-state index in [1.54, 1.807) is 0 Å². The summed E-state index contributed by atoms with van der Waals surface area (Å²) in [4.78, 5) is 14.3. The summed E-state index contributed by atoms with van der Waals surface area (Å²) in [7, 11) is 2.09. The van der Waals surface area contributed by atoms with Gasteiger partial charge in [0.2, 0.25) is 5.91 Å². The molecule has 4 heteroatoms. The molecule has 2 rings (SSSR count). The number of nitrogens with zero attached hydrogens (tertiary/aromatic N) is 1. The Bertz CT molecular complexity index is 432. The number of likely N-dealkylation sites (tertiary alicyclic amines) is 1. The zero-order valence-electron chi connectivity index (χ0n) is 11.5. The van der Waals surface area contributed by atoms with Gasteiger partial charge < -0.3 is 10.2 Å². The van der Waals surface area contributed by atoms with Gasteiger partial charge in [-0.2, -0.15) is 0 Å². The summed E-state index contributed by atoms with van der Waals surface area (Å²) in [5, 5.41) is 3.77. The van der Waals surface area contributed by atoms with Gasteiger partial charge in [-0.15, -0.1) is 0 Å². The zero-order valence-corrected chi connectivity index (χ0v) is 12.3. The van der Waals surface area contributed by atoms with E-state index in [1.165, 1.54) is 6.42 Å². The molecule has 3 nitrogen and oxygen atoms in total. The van der Waals surface area contributed by atoms with Crippen molar-refractivity contribution in [2.75, 3.05) is 13.6 Å². The lowest BCUT2D eigenvalue weighted by molar-refractivity contribution is -0.122.